The van der Waals surface area contributed by atoms with Crippen LogP contribution in [-0.2, 0) is 9.84 Å². The van der Waals surface area contributed by atoms with Gasteiger partial charge in [-0.25, -0.2) is 8.42 Å². The summed E-state index contributed by atoms with van der Waals surface area (Å²) in [5.74, 6) is 0.662. The van der Waals surface area contributed by atoms with Crippen molar-refractivity contribution in [2.45, 2.75) is 37.5 Å². The molecule has 0 radical (unpaired) electrons. The Labute approximate surface area is 116 Å². The van der Waals surface area contributed by atoms with Gasteiger partial charge in [-0.3, -0.25) is 0 Å². The molecule has 1 fully saturated rings. The summed E-state index contributed by atoms with van der Waals surface area (Å²) in [6.07, 6.45) is 2.40. The van der Waals surface area contributed by atoms with E-state index in [9.17, 15) is 8.42 Å². The number of sulfone groups is 1. The van der Waals surface area contributed by atoms with Crippen molar-refractivity contribution < 1.29 is 8.42 Å². The average molecular weight is 281 g/mol. The van der Waals surface area contributed by atoms with E-state index in [0.29, 0.717) is 17.4 Å². The molecule has 1 aromatic rings. The Morgan fingerprint density at radius 3 is 2.21 bits per heavy atom. The summed E-state index contributed by atoms with van der Waals surface area (Å²) in [6, 6.07) is 7.34. The lowest BCUT2D eigenvalue weighted by atomic mass is 10.0. The molecule has 19 heavy (non-hydrogen) atoms. The first-order valence-electron chi connectivity index (χ1n) is 7.04. The van der Waals surface area contributed by atoms with Crippen molar-refractivity contribution >= 4 is 9.84 Å². The van der Waals surface area contributed by atoms with Gasteiger partial charge in [-0.05, 0) is 49.5 Å². The molecule has 3 nitrogen and oxygen atoms in total. The Morgan fingerprint density at radius 2 is 1.68 bits per heavy atom. The summed E-state index contributed by atoms with van der Waals surface area (Å²) < 4.78 is 24.5. The van der Waals surface area contributed by atoms with Crippen LogP contribution in [0.5, 0.6) is 0 Å². The van der Waals surface area contributed by atoms with Crippen LogP contribution in [0, 0.1) is 0 Å². The summed E-state index contributed by atoms with van der Waals surface area (Å²) in [6.45, 7) is 6.96. The van der Waals surface area contributed by atoms with Gasteiger partial charge in [0.25, 0.3) is 0 Å². The van der Waals surface area contributed by atoms with Gasteiger partial charge >= 0.3 is 0 Å². The molecule has 0 saturated carbocycles. The monoisotopic (exact) mass is 281 g/mol. The Balaban J connectivity index is 2.01. The fourth-order valence-corrected chi connectivity index (χ4v) is 3.72. The minimum atomic E-state index is -3.13. The number of likely N-dealkylation sites (tertiary alicyclic amines) is 1. The summed E-state index contributed by atoms with van der Waals surface area (Å²) in [7, 11) is -3.13. The van der Waals surface area contributed by atoms with Crippen LogP contribution in [0.2, 0.25) is 0 Å². The van der Waals surface area contributed by atoms with Crippen LogP contribution in [0.1, 0.15) is 38.2 Å². The minimum Gasteiger partial charge on any atom is -0.302 e. The summed E-state index contributed by atoms with van der Waals surface area (Å²) >= 11 is 0. The highest BCUT2D eigenvalue weighted by Crippen LogP contribution is 2.18. The third-order valence-corrected chi connectivity index (χ3v) is 5.49. The molecule has 1 aromatic carbocycles. The SMILES string of the molecule is CC(C)c1ccc(S(=O)(=O)CCN2CCCC2)cc1. The van der Waals surface area contributed by atoms with Gasteiger partial charge in [0.15, 0.2) is 9.84 Å². The van der Waals surface area contributed by atoms with E-state index in [1.807, 2.05) is 12.1 Å². The third kappa shape index (κ3) is 3.80. The minimum absolute atomic E-state index is 0.230. The van der Waals surface area contributed by atoms with Crippen LogP contribution >= 0.6 is 0 Å². The number of rotatable bonds is 5. The third-order valence-electron chi connectivity index (χ3n) is 3.78. The summed E-state index contributed by atoms with van der Waals surface area (Å²) in [5.41, 5.74) is 1.18. The van der Waals surface area contributed by atoms with Gasteiger partial charge in [-0.1, -0.05) is 26.0 Å². The predicted octanol–water partition coefficient (Wildman–Crippen LogP) is 2.68. The first-order chi connectivity index (χ1) is 8.99. The van der Waals surface area contributed by atoms with Crippen molar-refractivity contribution in [1.82, 2.24) is 4.90 Å². The van der Waals surface area contributed by atoms with Crippen LogP contribution in [-0.4, -0.2) is 38.7 Å². The standard InChI is InChI=1S/C15H23NO2S/c1-13(2)14-5-7-15(8-6-14)19(17,18)12-11-16-9-3-4-10-16/h5-8,13H,3-4,9-12H2,1-2H3. The van der Waals surface area contributed by atoms with Gasteiger partial charge < -0.3 is 4.90 Å². The van der Waals surface area contributed by atoms with E-state index in [-0.39, 0.29) is 5.75 Å². The van der Waals surface area contributed by atoms with Crippen molar-refractivity contribution in [1.29, 1.82) is 0 Å². The maximum atomic E-state index is 12.2. The molecular weight excluding hydrogens is 258 g/mol. The topological polar surface area (TPSA) is 37.4 Å². The molecule has 106 valence electrons. The predicted molar refractivity (Wildman–Crippen MR) is 78.3 cm³/mol. The van der Waals surface area contributed by atoms with Gasteiger partial charge in [0, 0.05) is 6.54 Å². The maximum absolute atomic E-state index is 12.2. The molecule has 1 saturated heterocycles. The second-order valence-corrected chi connectivity index (χ2v) is 7.70. The van der Waals surface area contributed by atoms with Crippen molar-refractivity contribution in [2.24, 2.45) is 0 Å². The molecule has 1 heterocycles. The molecule has 2 rings (SSSR count). The average Bonchev–Trinajstić information content (AvgIpc) is 2.90. The molecule has 4 heteroatoms. The zero-order valence-electron chi connectivity index (χ0n) is 11.8. The highest BCUT2D eigenvalue weighted by molar-refractivity contribution is 7.91. The zero-order valence-corrected chi connectivity index (χ0v) is 12.6. The molecule has 0 bridgehead atoms. The lowest BCUT2D eigenvalue weighted by Crippen LogP contribution is -2.26. The van der Waals surface area contributed by atoms with Crippen molar-refractivity contribution in [3.05, 3.63) is 29.8 Å². The van der Waals surface area contributed by atoms with E-state index in [0.717, 1.165) is 13.1 Å². The number of hydrogen-bond acceptors (Lipinski definition) is 3. The zero-order chi connectivity index (χ0) is 13.9. The van der Waals surface area contributed by atoms with E-state index < -0.39 is 9.84 Å². The molecule has 0 amide bonds. The van der Waals surface area contributed by atoms with Crippen LogP contribution in [0.15, 0.2) is 29.2 Å². The van der Waals surface area contributed by atoms with Gasteiger partial charge in [0.05, 0.1) is 10.6 Å². The van der Waals surface area contributed by atoms with Crippen LogP contribution in [0.4, 0.5) is 0 Å². The lowest BCUT2D eigenvalue weighted by Gasteiger charge is -2.14. The first-order valence-corrected chi connectivity index (χ1v) is 8.69. The van der Waals surface area contributed by atoms with Crippen LogP contribution < -0.4 is 0 Å². The van der Waals surface area contributed by atoms with Crippen molar-refractivity contribution in [3.8, 4) is 0 Å². The molecule has 0 aromatic heterocycles. The quantitative estimate of drug-likeness (QED) is 0.832. The molecular formula is C15H23NO2S. The first kappa shape index (κ1) is 14.5. The largest absolute Gasteiger partial charge is 0.302 e. The number of hydrogen-bond donors (Lipinski definition) is 0. The highest BCUT2D eigenvalue weighted by atomic mass is 32.2. The Hall–Kier alpha value is -0.870. The molecule has 1 aliphatic rings. The van der Waals surface area contributed by atoms with E-state index in [1.165, 1.54) is 18.4 Å². The molecule has 0 unspecified atom stereocenters. The normalized spacial score (nSPS) is 17.2. The smallest absolute Gasteiger partial charge is 0.179 e. The van der Waals surface area contributed by atoms with Crippen LogP contribution in [0.25, 0.3) is 0 Å². The van der Waals surface area contributed by atoms with E-state index in [1.54, 1.807) is 12.1 Å². The highest BCUT2D eigenvalue weighted by Gasteiger charge is 2.18. The van der Waals surface area contributed by atoms with E-state index >= 15 is 0 Å². The Morgan fingerprint density at radius 1 is 1.11 bits per heavy atom. The lowest BCUT2D eigenvalue weighted by molar-refractivity contribution is 0.359. The summed E-state index contributed by atoms with van der Waals surface area (Å²) in [4.78, 5) is 2.69. The summed E-state index contributed by atoms with van der Waals surface area (Å²) in [5, 5.41) is 0. The van der Waals surface area contributed by atoms with Gasteiger partial charge in [0.2, 0.25) is 0 Å². The van der Waals surface area contributed by atoms with Gasteiger partial charge in [-0.15, -0.1) is 0 Å². The number of benzene rings is 1. The Bertz CT molecular complexity index is 499. The Kier molecular flexibility index (Phi) is 4.63. The molecule has 0 N–H and O–H groups in total. The molecule has 1 aliphatic heterocycles. The molecule has 0 atom stereocenters. The second-order valence-electron chi connectivity index (χ2n) is 5.59. The van der Waals surface area contributed by atoms with E-state index in [4.69, 9.17) is 0 Å². The van der Waals surface area contributed by atoms with Crippen molar-refractivity contribution in [3.63, 3.8) is 0 Å². The second kappa shape index (κ2) is 6.06. The van der Waals surface area contributed by atoms with Gasteiger partial charge in [0.1, 0.15) is 0 Å². The molecule has 0 aliphatic carbocycles. The van der Waals surface area contributed by atoms with Crippen molar-refractivity contribution in [2.75, 3.05) is 25.4 Å². The van der Waals surface area contributed by atoms with E-state index in [2.05, 4.69) is 18.7 Å². The molecule has 0 spiro atoms. The maximum Gasteiger partial charge on any atom is 0.179 e. The van der Waals surface area contributed by atoms with Gasteiger partial charge in [-0.2, -0.15) is 0 Å². The fraction of sp³-hybridized carbons (Fsp3) is 0.600. The number of nitrogens with zero attached hydrogens (tertiary/aromatic N) is 1. The fourth-order valence-electron chi connectivity index (χ4n) is 2.43. The van der Waals surface area contributed by atoms with Crippen LogP contribution in [0.3, 0.4) is 0 Å².